The first-order chi connectivity index (χ1) is 12.6. The Kier molecular flexibility index (Phi) is 4.22. The van der Waals surface area contributed by atoms with Gasteiger partial charge in [-0.2, -0.15) is 0 Å². The van der Waals surface area contributed by atoms with Crippen LogP contribution in [0.5, 0.6) is 0 Å². The molecule has 5 heteroatoms. The lowest BCUT2D eigenvalue weighted by molar-refractivity contribution is 0.0482. The predicted octanol–water partition coefficient (Wildman–Crippen LogP) is 3.65. The van der Waals surface area contributed by atoms with Crippen molar-refractivity contribution in [2.75, 3.05) is 27.2 Å². The first-order valence-corrected chi connectivity index (χ1v) is 8.51. The van der Waals surface area contributed by atoms with Crippen LogP contribution in [0.4, 0.5) is 0 Å². The van der Waals surface area contributed by atoms with Crippen molar-refractivity contribution in [2.45, 2.75) is 0 Å². The molecule has 0 N–H and O–H groups in total. The summed E-state index contributed by atoms with van der Waals surface area (Å²) in [5.41, 5.74) is 2.25. The molecule has 0 saturated heterocycles. The van der Waals surface area contributed by atoms with Crippen molar-refractivity contribution in [2.24, 2.45) is 0 Å². The van der Waals surface area contributed by atoms with E-state index in [4.69, 9.17) is 4.74 Å². The van der Waals surface area contributed by atoms with Gasteiger partial charge in [0.15, 0.2) is 0 Å². The molecule has 0 radical (unpaired) electrons. The minimum atomic E-state index is -0.308. The number of benzene rings is 2. The molecule has 0 bridgehead atoms. The second-order valence-corrected chi connectivity index (χ2v) is 6.54. The summed E-state index contributed by atoms with van der Waals surface area (Å²) in [5.74, 6) is -0.308. The Labute approximate surface area is 151 Å². The highest BCUT2D eigenvalue weighted by Crippen LogP contribution is 2.29. The second kappa shape index (κ2) is 6.69. The minimum absolute atomic E-state index is 0.308. The smallest absolute Gasteiger partial charge is 0.338 e. The van der Waals surface area contributed by atoms with Crippen LogP contribution in [0.15, 0.2) is 54.9 Å². The summed E-state index contributed by atoms with van der Waals surface area (Å²) in [5, 5.41) is 3.99. The van der Waals surface area contributed by atoms with E-state index < -0.39 is 0 Å². The van der Waals surface area contributed by atoms with E-state index in [2.05, 4.69) is 9.97 Å². The highest BCUT2D eigenvalue weighted by Gasteiger charge is 2.11. The van der Waals surface area contributed by atoms with Crippen molar-refractivity contribution in [3.8, 4) is 0 Å². The Bertz CT molecular complexity index is 1120. The monoisotopic (exact) mass is 345 g/mol. The zero-order valence-electron chi connectivity index (χ0n) is 14.8. The molecule has 130 valence electrons. The van der Waals surface area contributed by atoms with Crippen molar-refractivity contribution < 1.29 is 9.53 Å². The van der Waals surface area contributed by atoms with Crippen LogP contribution in [0.3, 0.4) is 0 Å². The Morgan fingerprint density at radius 3 is 2.69 bits per heavy atom. The Morgan fingerprint density at radius 2 is 1.85 bits per heavy atom. The van der Waals surface area contributed by atoms with E-state index in [1.54, 1.807) is 12.3 Å². The van der Waals surface area contributed by atoms with Gasteiger partial charge in [-0.15, -0.1) is 0 Å². The number of carbonyl (C=O) groups excluding carboxylic acids is 1. The molecule has 0 unspecified atom stereocenters. The molecule has 2 aromatic heterocycles. The molecule has 0 fully saturated rings. The van der Waals surface area contributed by atoms with E-state index in [9.17, 15) is 4.79 Å². The molecule has 0 spiro atoms. The highest BCUT2D eigenvalue weighted by atomic mass is 16.5. The van der Waals surface area contributed by atoms with Gasteiger partial charge in [-0.25, -0.2) is 4.79 Å². The van der Waals surface area contributed by atoms with Crippen LogP contribution >= 0.6 is 0 Å². The maximum atomic E-state index is 12.3. The maximum absolute atomic E-state index is 12.3. The molecule has 5 nitrogen and oxygen atoms in total. The van der Waals surface area contributed by atoms with Crippen LogP contribution in [0, 0.1) is 0 Å². The number of esters is 1. The molecule has 0 aliphatic heterocycles. The van der Waals surface area contributed by atoms with E-state index in [1.807, 2.05) is 61.6 Å². The number of aromatic nitrogens is 2. The van der Waals surface area contributed by atoms with Gasteiger partial charge in [0.25, 0.3) is 0 Å². The molecule has 0 aliphatic rings. The molecule has 0 aliphatic carbocycles. The average Bonchev–Trinajstić information content (AvgIpc) is 2.66. The number of nitrogens with zero attached hydrogens (tertiary/aromatic N) is 3. The lowest BCUT2D eigenvalue weighted by Crippen LogP contribution is -2.20. The van der Waals surface area contributed by atoms with E-state index >= 15 is 0 Å². The number of hydrogen-bond acceptors (Lipinski definition) is 5. The molecule has 0 amide bonds. The van der Waals surface area contributed by atoms with Crippen LogP contribution in [-0.4, -0.2) is 48.1 Å². The van der Waals surface area contributed by atoms with Gasteiger partial charge < -0.3 is 9.64 Å². The van der Waals surface area contributed by atoms with Crippen LogP contribution in [0.2, 0.25) is 0 Å². The number of ether oxygens (including phenoxy) is 1. The van der Waals surface area contributed by atoms with Crippen LogP contribution in [0.25, 0.3) is 32.6 Å². The van der Waals surface area contributed by atoms with Gasteiger partial charge in [0, 0.05) is 35.1 Å². The number of carbonyl (C=O) groups is 1. The van der Waals surface area contributed by atoms with Gasteiger partial charge in [0.05, 0.1) is 16.6 Å². The molecule has 4 rings (SSSR count). The van der Waals surface area contributed by atoms with Gasteiger partial charge in [-0.1, -0.05) is 24.3 Å². The Morgan fingerprint density at radius 1 is 1.00 bits per heavy atom. The number of hydrogen-bond donors (Lipinski definition) is 0. The van der Waals surface area contributed by atoms with Gasteiger partial charge in [-0.3, -0.25) is 9.97 Å². The average molecular weight is 345 g/mol. The lowest BCUT2D eigenvalue weighted by Gasteiger charge is -2.11. The highest BCUT2D eigenvalue weighted by molar-refractivity contribution is 6.14. The van der Waals surface area contributed by atoms with Crippen LogP contribution in [0.1, 0.15) is 10.4 Å². The molecule has 0 saturated carbocycles. The standard InChI is InChI=1S/C21H19N3O2/c1-24(2)10-11-26-21(25)15-5-6-16-13-23-20-17(18(16)12-15)8-7-14-4-3-9-22-19(14)20/h3-9,12-13H,10-11H2,1-2H3. The summed E-state index contributed by atoms with van der Waals surface area (Å²) < 4.78 is 5.36. The van der Waals surface area contributed by atoms with E-state index in [0.29, 0.717) is 18.7 Å². The number of rotatable bonds is 4. The van der Waals surface area contributed by atoms with E-state index in [-0.39, 0.29) is 5.97 Å². The third-order valence-corrected chi connectivity index (χ3v) is 4.43. The van der Waals surface area contributed by atoms with Gasteiger partial charge in [0.2, 0.25) is 0 Å². The fourth-order valence-corrected chi connectivity index (χ4v) is 3.05. The molecule has 0 atom stereocenters. The van der Waals surface area contributed by atoms with Crippen molar-refractivity contribution in [3.63, 3.8) is 0 Å². The van der Waals surface area contributed by atoms with Crippen molar-refractivity contribution >= 4 is 38.5 Å². The third kappa shape index (κ3) is 2.97. The minimum Gasteiger partial charge on any atom is -0.461 e. The van der Waals surface area contributed by atoms with Crippen LogP contribution in [-0.2, 0) is 4.74 Å². The summed E-state index contributed by atoms with van der Waals surface area (Å²) in [4.78, 5) is 23.4. The quantitative estimate of drug-likeness (QED) is 0.417. The first-order valence-electron chi connectivity index (χ1n) is 8.51. The molecular weight excluding hydrogens is 326 g/mol. The van der Waals surface area contributed by atoms with E-state index in [0.717, 1.165) is 32.6 Å². The Hall–Kier alpha value is -3.05. The molecule has 2 heterocycles. The predicted molar refractivity (Wildman–Crippen MR) is 103 cm³/mol. The zero-order chi connectivity index (χ0) is 18.1. The van der Waals surface area contributed by atoms with Crippen molar-refractivity contribution in [3.05, 3.63) is 60.4 Å². The summed E-state index contributed by atoms with van der Waals surface area (Å²) in [6.07, 6.45) is 3.60. The number of likely N-dealkylation sites (N-methyl/N-ethyl adjacent to an activating group) is 1. The topological polar surface area (TPSA) is 55.3 Å². The summed E-state index contributed by atoms with van der Waals surface area (Å²) in [6, 6.07) is 13.6. The second-order valence-electron chi connectivity index (χ2n) is 6.54. The summed E-state index contributed by atoms with van der Waals surface area (Å²) in [6.45, 7) is 1.07. The Balaban J connectivity index is 1.80. The third-order valence-electron chi connectivity index (χ3n) is 4.43. The fraction of sp³-hybridized carbons (Fsp3) is 0.190. The summed E-state index contributed by atoms with van der Waals surface area (Å²) in [7, 11) is 3.89. The normalized spacial score (nSPS) is 11.5. The lowest BCUT2D eigenvalue weighted by atomic mass is 10.0. The number of fused-ring (bicyclic) bond motifs is 5. The molecular formula is C21H19N3O2. The number of pyridine rings is 2. The molecule has 26 heavy (non-hydrogen) atoms. The molecule has 4 aromatic rings. The van der Waals surface area contributed by atoms with E-state index in [1.165, 1.54) is 0 Å². The van der Waals surface area contributed by atoms with Crippen molar-refractivity contribution in [1.29, 1.82) is 0 Å². The molecule has 2 aromatic carbocycles. The van der Waals surface area contributed by atoms with Gasteiger partial charge in [-0.05, 0) is 37.7 Å². The summed E-state index contributed by atoms with van der Waals surface area (Å²) >= 11 is 0. The van der Waals surface area contributed by atoms with Gasteiger partial charge >= 0.3 is 5.97 Å². The first kappa shape index (κ1) is 16.4. The van der Waals surface area contributed by atoms with Crippen molar-refractivity contribution in [1.82, 2.24) is 14.9 Å². The largest absolute Gasteiger partial charge is 0.461 e. The maximum Gasteiger partial charge on any atom is 0.338 e. The van der Waals surface area contributed by atoms with Crippen LogP contribution < -0.4 is 0 Å². The SMILES string of the molecule is CN(C)CCOC(=O)c1ccc2cnc3c(ccc4cccnc43)c2c1. The van der Waals surface area contributed by atoms with Gasteiger partial charge in [0.1, 0.15) is 6.61 Å². The fourth-order valence-electron chi connectivity index (χ4n) is 3.05. The zero-order valence-corrected chi connectivity index (χ0v) is 14.8.